The van der Waals surface area contributed by atoms with Crippen molar-refractivity contribution in [3.63, 3.8) is 0 Å². The largest absolute Gasteiger partial charge is 0.490 e. The summed E-state index contributed by atoms with van der Waals surface area (Å²) in [5.74, 6) is 0.863. The van der Waals surface area contributed by atoms with E-state index in [0.29, 0.717) is 30.2 Å². The molecule has 1 heterocycles. The van der Waals surface area contributed by atoms with Crippen LogP contribution in [0, 0.1) is 6.92 Å². The van der Waals surface area contributed by atoms with Gasteiger partial charge in [0.15, 0.2) is 0 Å². The minimum Gasteiger partial charge on any atom is -0.490 e. The van der Waals surface area contributed by atoms with Crippen LogP contribution in [0.4, 0.5) is 14.5 Å². The molecule has 2 rings (SSSR count). The maximum Gasteiger partial charge on any atom is 0.387 e. The normalized spacial score (nSPS) is 14.1. The van der Waals surface area contributed by atoms with E-state index in [1.165, 1.54) is 6.07 Å². The topological polar surface area (TPSA) is 30.5 Å². The predicted octanol–water partition coefficient (Wildman–Crippen LogP) is 2.40. The Morgan fingerprint density at radius 2 is 2.27 bits per heavy atom. The Labute approximate surface area is 86.0 Å². The minimum absolute atomic E-state index is 0.182. The number of ether oxygens (including phenoxy) is 2. The molecule has 0 unspecified atom stereocenters. The van der Waals surface area contributed by atoms with Gasteiger partial charge in [-0.05, 0) is 18.6 Å². The van der Waals surface area contributed by atoms with Gasteiger partial charge < -0.3 is 14.8 Å². The Morgan fingerprint density at radius 3 is 3.00 bits per heavy atom. The molecule has 3 nitrogen and oxygen atoms in total. The van der Waals surface area contributed by atoms with Gasteiger partial charge in [-0.25, -0.2) is 0 Å². The van der Waals surface area contributed by atoms with E-state index >= 15 is 0 Å². The van der Waals surface area contributed by atoms with Crippen LogP contribution in [0.25, 0.3) is 0 Å². The van der Waals surface area contributed by atoms with E-state index in [9.17, 15) is 8.78 Å². The van der Waals surface area contributed by atoms with Crippen molar-refractivity contribution in [3.05, 3.63) is 17.7 Å². The molecule has 0 saturated carbocycles. The van der Waals surface area contributed by atoms with Gasteiger partial charge in [0.25, 0.3) is 0 Å². The van der Waals surface area contributed by atoms with Crippen LogP contribution in [0.3, 0.4) is 0 Å². The lowest BCUT2D eigenvalue weighted by molar-refractivity contribution is -0.0502. The fourth-order valence-corrected chi connectivity index (χ4v) is 1.49. The van der Waals surface area contributed by atoms with Crippen LogP contribution >= 0.6 is 0 Å². The van der Waals surface area contributed by atoms with E-state index in [-0.39, 0.29) is 5.75 Å². The smallest absolute Gasteiger partial charge is 0.387 e. The lowest BCUT2D eigenvalue weighted by atomic mass is 10.1. The van der Waals surface area contributed by atoms with Crippen molar-refractivity contribution in [3.8, 4) is 11.5 Å². The number of benzene rings is 1. The van der Waals surface area contributed by atoms with Gasteiger partial charge in [-0.1, -0.05) is 0 Å². The first-order chi connectivity index (χ1) is 7.16. The fourth-order valence-electron chi connectivity index (χ4n) is 1.49. The Balaban J connectivity index is 2.32. The molecule has 1 aliphatic rings. The zero-order valence-corrected chi connectivity index (χ0v) is 8.22. The van der Waals surface area contributed by atoms with Crippen LogP contribution in [0.5, 0.6) is 11.5 Å². The Kier molecular flexibility index (Phi) is 2.62. The molecule has 0 fully saturated rings. The first-order valence-electron chi connectivity index (χ1n) is 4.63. The van der Waals surface area contributed by atoms with E-state index in [1.54, 1.807) is 13.0 Å². The molecule has 1 aliphatic heterocycles. The third-order valence-corrected chi connectivity index (χ3v) is 2.17. The molecule has 0 amide bonds. The minimum atomic E-state index is -2.80. The van der Waals surface area contributed by atoms with Gasteiger partial charge >= 0.3 is 6.61 Å². The number of rotatable bonds is 2. The van der Waals surface area contributed by atoms with Crippen LogP contribution < -0.4 is 14.8 Å². The monoisotopic (exact) mass is 215 g/mol. The van der Waals surface area contributed by atoms with Gasteiger partial charge in [0.2, 0.25) is 0 Å². The SMILES string of the molecule is Cc1cc2c(cc1OC(F)F)NCCO2. The van der Waals surface area contributed by atoms with Gasteiger partial charge in [0.05, 0.1) is 5.69 Å². The number of nitrogens with one attached hydrogen (secondary N) is 1. The zero-order chi connectivity index (χ0) is 10.8. The van der Waals surface area contributed by atoms with Gasteiger partial charge in [-0.2, -0.15) is 8.78 Å². The van der Waals surface area contributed by atoms with E-state index in [1.807, 2.05) is 0 Å². The number of hydrogen-bond acceptors (Lipinski definition) is 3. The summed E-state index contributed by atoms with van der Waals surface area (Å²) in [7, 11) is 0. The number of aryl methyl sites for hydroxylation is 1. The number of halogens is 2. The van der Waals surface area contributed by atoms with Crippen molar-refractivity contribution in [2.45, 2.75) is 13.5 Å². The summed E-state index contributed by atoms with van der Waals surface area (Å²) in [6, 6.07) is 3.23. The standard InChI is InChI=1S/C10H11F2NO2/c1-6-4-9-7(13-2-3-14-9)5-8(6)15-10(11)12/h4-5,10,13H,2-3H2,1H3. The van der Waals surface area contributed by atoms with Crippen LogP contribution in [0.1, 0.15) is 5.56 Å². The molecule has 0 atom stereocenters. The molecule has 0 aromatic heterocycles. The summed E-state index contributed by atoms with van der Waals surface area (Å²) in [4.78, 5) is 0. The molecular formula is C10H11F2NO2. The van der Waals surface area contributed by atoms with Crippen LogP contribution in [0.15, 0.2) is 12.1 Å². The molecule has 0 radical (unpaired) electrons. The van der Waals surface area contributed by atoms with Crippen LogP contribution in [0.2, 0.25) is 0 Å². The van der Waals surface area contributed by atoms with E-state index in [0.717, 1.165) is 0 Å². The number of hydrogen-bond donors (Lipinski definition) is 1. The van der Waals surface area contributed by atoms with Gasteiger partial charge in [-0.15, -0.1) is 0 Å². The van der Waals surface area contributed by atoms with Crippen LogP contribution in [-0.4, -0.2) is 19.8 Å². The van der Waals surface area contributed by atoms with Crippen molar-refractivity contribution < 1.29 is 18.3 Å². The highest BCUT2D eigenvalue weighted by Gasteiger charge is 2.15. The second-order valence-electron chi connectivity index (χ2n) is 3.27. The number of fused-ring (bicyclic) bond motifs is 1. The van der Waals surface area contributed by atoms with Crippen molar-refractivity contribution >= 4 is 5.69 Å². The molecule has 15 heavy (non-hydrogen) atoms. The van der Waals surface area contributed by atoms with E-state index in [4.69, 9.17) is 4.74 Å². The van der Waals surface area contributed by atoms with Crippen LogP contribution in [-0.2, 0) is 0 Å². The third-order valence-electron chi connectivity index (χ3n) is 2.17. The summed E-state index contributed by atoms with van der Waals surface area (Å²) in [5, 5.41) is 3.05. The van der Waals surface area contributed by atoms with Gasteiger partial charge in [0, 0.05) is 12.6 Å². The average molecular weight is 215 g/mol. The molecule has 0 saturated heterocycles. The molecule has 0 aliphatic carbocycles. The maximum absolute atomic E-state index is 12.1. The first-order valence-corrected chi connectivity index (χ1v) is 4.63. The highest BCUT2D eigenvalue weighted by atomic mass is 19.3. The fraction of sp³-hybridized carbons (Fsp3) is 0.400. The Hall–Kier alpha value is -1.52. The van der Waals surface area contributed by atoms with Crippen molar-refractivity contribution in [1.82, 2.24) is 0 Å². The molecule has 0 spiro atoms. The lowest BCUT2D eigenvalue weighted by Gasteiger charge is -2.21. The lowest BCUT2D eigenvalue weighted by Crippen LogP contribution is -2.18. The Bertz CT molecular complexity index is 369. The summed E-state index contributed by atoms with van der Waals surface area (Å²) in [6.07, 6.45) is 0. The first kappa shape index (κ1) is 10.0. The van der Waals surface area contributed by atoms with E-state index < -0.39 is 6.61 Å². The number of alkyl halides is 2. The molecule has 5 heteroatoms. The third kappa shape index (κ3) is 2.11. The highest BCUT2D eigenvalue weighted by Crippen LogP contribution is 2.34. The summed E-state index contributed by atoms with van der Waals surface area (Å²) in [6.45, 7) is 0.160. The maximum atomic E-state index is 12.1. The average Bonchev–Trinajstić information content (AvgIpc) is 2.18. The molecule has 0 bridgehead atoms. The Morgan fingerprint density at radius 1 is 1.47 bits per heavy atom. The second kappa shape index (κ2) is 3.92. The van der Waals surface area contributed by atoms with Crippen molar-refractivity contribution in [2.24, 2.45) is 0 Å². The summed E-state index contributed by atoms with van der Waals surface area (Å²) < 4.78 is 33.9. The molecule has 82 valence electrons. The zero-order valence-electron chi connectivity index (χ0n) is 8.22. The predicted molar refractivity (Wildman–Crippen MR) is 51.8 cm³/mol. The molecule has 1 aromatic rings. The molecular weight excluding hydrogens is 204 g/mol. The number of anilines is 1. The van der Waals surface area contributed by atoms with Gasteiger partial charge in [0.1, 0.15) is 18.1 Å². The van der Waals surface area contributed by atoms with Crippen molar-refractivity contribution in [2.75, 3.05) is 18.5 Å². The molecule has 1 aromatic carbocycles. The highest BCUT2D eigenvalue weighted by molar-refractivity contribution is 5.63. The van der Waals surface area contributed by atoms with E-state index in [2.05, 4.69) is 10.1 Å². The van der Waals surface area contributed by atoms with Crippen molar-refractivity contribution in [1.29, 1.82) is 0 Å². The summed E-state index contributed by atoms with van der Waals surface area (Å²) >= 11 is 0. The second-order valence-corrected chi connectivity index (χ2v) is 3.27. The summed E-state index contributed by atoms with van der Waals surface area (Å²) in [5.41, 5.74) is 1.33. The quantitative estimate of drug-likeness (QED) is 0.821. The molecule has 1 N–H and O–H groups in total. The van der Waals surface area contributed by atoms with Gasteiger partial charge in [-0.3, -0.25) is 0 Å².